The Balaban J connectivity index is 0.000000386. The van der Waals surface area contributed by atoms with E-state index in [2.05, 4.69) is 45.8 Å². The van der Waals surface area contributed by atoms with E-state index in [1.807, 2.05) is 30.3 Å². The SMILES string of the molecule is O=C(O)/C=C\C(=O)O.c1ccc(Oc2ccc(C3(N4CCN(C5CCCCC5)CC4)CCSCC3)cc2)cc1. The van der Waals surface area contributed by atoms with Crippen LogP contribution in [0.25, 0.3) is 0 Å². The van der Waals surface area contributed by atoms with Crippen LogP contribution < -0.4 is 4.74 Å². The van der Waals surface area contributed by atoms with Crippen LogP contribution in [0, 0.1) is 0 Å². The predicted octanol–water partition coefficient (Wildman–Crippen LogP) is 5.86. The van der Waals surface area contributed by atoms with Gasteiger partial charge in [-0.1, -0.05) is 49.6 Å². The molecule has 0 unspecified atom stereocenters. The Hall–Kier alpha value is -2.81. The standard InChI is InChI=1S/C27H36N2OS.C4H4O4/c1-3-7-24(8-4-1)28-17-19-29(20-18-28)27(15-21-31-22-16-27)23-11-13-26(14-12-23)30-25-9-5-2-6-10-25;5-3(6)1-2-4(7)8/h2,5-6,9-14,24H,1,3-4,7-8,15-22H2;1-2H,(H,5,6)(H,7,8)/b;2-1-. The van der Waals surface area contributed by atoms with Gasteiger partial charge in [0.2, 0.25) is 0 Å². The van der Waals surface area contributed by atoms with Gasteiger partial charge in [0.15, 0.2) is 0 Å². The molecule has 3 fully saturated rings. The average molecular weight is 553 g/mol. The lowest BCUT2D eigenvalue weighted by molar-refractivity contribution is -0.134. The summed E-state index contributed by atoms with van der Waals surface area (Å²) in [6.07, 6.45) is 10.8. The van der Waals surface area contributed by atoms with Crippen molar-refractivity contribution < 1.29 is 24.5 Å². The lowest BCUT2D eigenvalue weighted by Gasteiger charge is -2.51. The molecule has 2 N–H and O–H groups in total. The number of hydrogen-bond acceptors (Lipinski definition) is 6. The number of hydrogen-bond donors (Lipinski definition) is 2. The second-order valence-electron chi connectivity index (χ2n) is 10.4. The number of aliphatic carboxylic acids is 2. The fourth-order valence-electron chi connectivity index (χ4n) is 6.06. The van der Waals surface area contributed by atoms with Gasteiger partial charge in [-0.25, -0.2) is 9.59 Å². The molecule has 0 radical (unpaired) electrons. The quantitative estimate of drug-likeness (QED) is 0.413. The van der Waals surface area contributed by atoms with Crippen LogP contribution in [-0.4, -0.2) is 75.7 Å². The summed E-state index contributed by atoms with van der Waals surface area (Å²) in [6.45, 7) is 4.91. The van der Waals surface area contributed by atoms with E-state index in [1.54, 1.807) is 0 Å². The molecule has 2 aromatic carbocycles. The van der Waals surface area contributed by atoms with E-state index in [4.69, 9.17) is 14.9 Å². The van der Waals surface area contributed by atoms with Crippen LogP contribution in [-0.2, 0) is 15.1 Å². The van der Waals surface area contributed by atoms with Gasteiger partial charge in [-0.15, -0.1) is 0 Å². The molecule has 2 aromatic rings. The summed E-state index contributed by atoms with van der Waals surface area (Å²) in [7, 11) is 0. The minimum absolute atomic E-state index is 0.204. The van der Waals surface area contributed by atoms with Crippen molar-refractivity contribution in [3.05, 3.63) is 72.3 Å². The smallest absolute Gasteiger partial charge is 0.328 e. The number of ether oxygens (including phenoxy) is 1. The van der Waals surface area contributed by atoms with Gasteiger partial charge in [0.05, 0.1) is 0 Å². The van der Waals surface area contributed by atoms with Crippen LogP contribution in [0.5, 0.6) is 11.5 Å². The zero-order chi connectivity index (χ0) is 27.5. The maximum atomic E-state index is 9.55. The molecule has 0 amide bonds. The lowest BCUT2D eigenvalue weighted by atomic mass is 9.81. The van der Waals surface area contributed by atoms with Crippen LogP contribution in [0.4, 0.5) is 0 Å². The van der Waals surface area contributed by atoms with Gasteiger partial charge < -0.3 is 14.9 Å². The van der Waals surface area contributed by atoms with E-state index in [1.165, 1.54) is 88.2 Å². The number of carbonyl (C=O) groups is 2. The predicted molar refractivity (Wildman–Crippen MR) is 156 cm³/mol. The van der Waals surface area contributed by atoms with E-state index in [0.29, 0.717) is 12.2 Å². The van der Waals surface area contributed by atoms with Gasteiger partial charge in [0.25, 0.3) is 0 Å². The Kier molecular flexibility index (Phi) is 10.9. The molecule has 7 nitrogen and oxygen atoms in total. The van der Waals surface area contributed by atoms with Crippen molar-refractivity contribution in [3.63, 3.8) is 0 Å². The first-order valence-electron chi connectivity index (χ1n) is 14.0. The summed E-state index contributed by atoms with van der Waals surface area (Å²) >= 11 is 2.12. The van der Waals surface area contributed by atoms with Crippen molar-refractivity contribution in [3.8, 4) is 11.5 Å². The molecular weight excluding hydrogens is 512 g/mol. The minimum atomic E-state index is -1.26. The third-order valence-corrected chi connectivity index (χ3v) is 9.06. The van der Waals surface area contributed by atoms with Crippen molar-refractivity contribution in [1.82, 2.24) is 9.80 Å². The summed E-state index contributed by atoms with van der Waals surface area (Å²) < 4.78 is 6.06. The molecule has 0 spiro atoms. The number of para-hydroxylation sites is 1. The monoisotopic (exact) mass is 552 g/mol. The van der Waals surface area contributed by atoms with Crippen LogP contribution in [0.1, 0.15) is 50.5 Å². The number of carboxylic acid groups (broad SMARTS) is 2. The van der Waals surface area contributed by atoms with Crippen LogP contribution >= 0.6 is 11.8 Å². The maximum Gasteiger partial charge on any atom is 0.328 e. The first-order chi connectivity index (χ1) is 19.0. The fourth-order valence-corrected chi connectivity index (χ4v) is 7.23. The number of rotatable bonds is 7. The van der Waals surface area contributed by atoms with Gasteiger partial charge in [0, 0.05) is 49.9 Å². The normalized spacial score (nSPS) is 20.6. The van der Waals surface area contributed by atoms with Crippen LogP contribution in [0.15, 0.2) is 66.7 Å². The highest BCUT2D eigenvalue weighted by Gasteiger charge is 2.41. The Morgan fingerprint density at radius 2 is 1.36 bits per heavy atom. The largest absolute Gasteiger partial charge is 0.478 e. The van der Waals surface area contributed by atoms with Gasteiger partial charge in [0.1, 0.15) is 11.5 Å². The molecule has 1 aliphatic carbocycles. The fraction of sp³-hybridized carbons (Fsp3) is 0.484. The van der Waals surface area contributed by atoms with E-state index >= 15 is 0 Å². The maximum absolute atomic E-state index is 9.55. The van der Waals surface area contributed by atoms with Gasteiger partial charge >= 0.3 is 11.9 Å². The number of carboxylic acids is 2. The third kappa shape index (κ3) is 8.34. The van der Waals surface area contributed by atoms with Crippen molar-refractivity contribution in [2.45, 2.75) is 56.5 Å². The van der Waals surface area contributed by atoms with Crippen LogP contribution in [0.2, 0.25) is 0 Å². The number of benzene rings is 2. The molecule has 210 valence electrons. The number of nitrogens with zero attached hydrogens (tertiary/aromatic N) is 2. The lowest BCUT2D eigenvalue weighted by Crippen LogP contribution is -2.58. The van der Waals surface area contributed by atoms with Gasteiger partial charge in [-0.2, -0.15) is 11.8 Å². The molecule has 2 heterocycles. The zero-order valence-corrected chi connectivity index (χ0v) is 23.4. The Morgan fingerprint density at radius 3 is 1.92 bits per heavy atom. The molecule has 0 bridgehead atoms. The Bertz CT molecular complexity index is 1060. The molecular formula is C31H40N2O5S. The number of piperazine rings is 1. The van der Waals surface area contributed by atoms with Crippen LogP contribution in [0.3, 0.4) is 0 Å². The summed E-state index contributed by atoms with van der Waals surface area (Å²) in [6, 6.07) is 19.9. The molecule has 0 aromatic heterocycles. The molecule has 0 atom stereocenters. The minimum Gasteiger partial charge on any atom is -0.478 e. The molecule has 2 saturated heterocycles. The highest BCUT2D eigenvalue weighted by Crippen LogP contribution is 2.42. The molecule has 2 aliphatic heterocycles. The van der Waals surface area contributed by atoms with E-state index < -0.39 is 11.9 Å². The first-order valence-corrected chi connectivity index (χ1v) is 15.2. The second kappa shape index (κ2) is 14.5. The first kappa shape index (κ1) is 29.2. The summed E-state index contributed by atoms with van der Waals surface area (Å²) in [5.74, 6) is 1.85. The Morgan fingerprint density at radius 1 is 0.795 bits per heavy atom. The zero-order valence-electron chi connectivity index (χ0n) is 22.5. The van der Waals surface area contributed by atoms with Crippen molar-refractivity contribution in [2.75, 3.05) is 37.7 Å². The summed E-state index contributed by atoms with van der Waals surface area (Å²) in [4.78, 5) is 24.7. The highest BCUT2D eigenvalue weighted by molar-refractivity contribution is 7.99. The van der Waals surface area contributed by atoms with E-state index in [-0.39, 0.29) is 5.54 Å². The molecule has 8 heteroatoms. The average Bonchev–Trinajstić information content (AvgIpc) is 2.98. The second-order valence-corrected chi connectivity index (χ2v) is 11.6. The third-order valence-electron chi connectivity index (χ3n) is 8.07. The van der Waals surface area contributed by atoms with Crippen molar-refractivity contribution in [1.29, 1.82) is 0 Å². The summed E-state index contributed by atoms with van der Waals surface area (Å²) in [5, 5.41) is 15.6. The Labute approximate surface area is 235 Å². The summed E-state index contributed by atoms with van der Waals surface area (Å²) in [5.41, 5.74) is 1.69. The van der Waals surface area contributed by atoms with Crippen molar-refractivity contribution >= 4 is 23.7 Å². The van der Waals surface area contributed by atoms with Gasteiger partial charge in [-0.3, -0.25) is 9.80 Å². The van der Waals surface area contributed by atoms with Crippen molar-refractivity contribution in [2.24, 2.45) is 0 Å². The highest BCUT2D eigenvalue weighted by atomic mass is 32.2. The van der Waals surface area contributed by atoms with E-state index in [0.717, 1.165) is 17.5 Å². The topological polar surface area (TPSA) is 90.3 Å². The molecule has 5 rings (SSSR count). The van der Waals surface area contributed by atoms with E-state index in [9.17, 15) is 9.59 Å². The molecule has 3 aliphatic rings. The molecule has 1 saturated carbocycles. The molecule has 39 heavy (non-hydrogen) atoms. The number of thioether (sulfide) groups is 1. The van der Waals surface area contributed by atoms with Gasteiger partial charge in [-0.05, 0) is 67.0 Å².